The molecule has 21 heavy (non-hydrogen) atoms. The standard InChI is InChI=1S/C17H27N3S/c1-6-7-12-18-16(21)20-19-13(2)14-8-10-15(11-9-14)17(3,4)5/h8-11H,6-7,12H2,1-5H3,(H2,18,20,21)/b19-13+. The second kappa shape index (κ2) is 8.13. The van der Waals surface area contributed by atoms with Crippen molar-refractivity contribution >= 4 is 23.0 Å². The fraction of sp³-hybridized carbons (Fsp3) is 0.529. The first-order valence-corrected chi connectivity index (χ1v) is 7.94. The predicted molar refractivity (Wildman–Crippen MR) is 96.0 cm³/mol. The average molecular weight is 305 g/mol. The molecular formula is C17H27N3S. The van der Waals surface area contributed by atoms with E-state index in [2.05, 4.69) is 67.8 Å². The van der Waals surface area contributed by atoms with Gasteiger partial charge in [0.25, 0.3) is 0 Å². The summed E-state index contributed by atoms with van der Waals surface area (Å²) >= 11 is 5.18. The van der Waals surface area contributed by atoms with Crippen LogP contribution in [0.4, 0.5) is 0 Å². The third-order valence-corrected chi connectivity index (χ3v) is 3.55. The summed E-state index contributed by atoms with van der Waals surface area (Å²) in [7, 11) is 0. The van der Waals surface area contributed by atoms with Crippen LogP contribution in [-0.2, 0) is 5.41 Å². The first-order valence-electron chi connectivity index (χ1n) is 7.53. The molecule has 1 aromatic rings. The molecule has 0 saturated carbocycles. The van der Waals surface area contributed by atoms with E-state index >= 15 is 0 Å². The average Bonchev–Trinajstić information content (AvgIpc) is 2.44. The molecule has 0 aromatic heterocycles. The molecule has 1 aromatic carbocycles. The number of hydrazone groups is 1. The molecule has 0 radical (unpaired) electrons. The van der Waals surface area contributed by atoms with Crippen molar-refractivity contribution in [1.29, 1.82) is 0 Å². The molecule has 3 nitrogen and oxygen atoms in total. The maximum absolute atomic E-state index is 5.18. The van der Waals surface area contributed by atoms with Gasteiger partial charge in [-0.2, -0.15) is 5.10 Å². The fourth-order valence-electron chi connectivity index (χ4n) is 1.83. The Hall–Kier alpha value is -1.42. The molecule has 1 rings (SSSR count). The van der Waals surface area contributed by atoms with Gasteiger partial charge in [0.05, 0.1) is 5.71 Å². The SMILES string of the molecule is CCCCNC(=S)N/N=C(\C)c1ccc(C(C)(C)C)cc1. The van der Waals surface area contributed by atoms with Crippen LogP contribution in [0.2, 0.25) is 0 Å². The summed E-state index contributed by atoms with van der Waals surface area (Å²) in [6, 6.07) is 8.53. The lowest BCUT2D eigenvalue weighted by molar-refractivity contribution is 0.590. The summed E-state index contributed by atoms with van der Waals surface area (Å²) in [5.41, 5.74) is 6.42. The molecule has 0 aliphatic heterocycles. The summed E-state index contributed by atoms with van der Waals surface area (Å²) in [5.74, 6) is 0. The zero-order valence-corrected chi connectivity index (χ0v) is 14.6. The van der Waals surface area contributed by atoms with E-state index in [1.165, 1.54) is 5.56 Å². The number of hydrogen-bond donors (Lipinski definition) is 2. The van der Waals surface area contributed by atoms with E-state index in [1.54, 1.807) is 0 Å². The quantitative estimate of drug-likeness (QED) is 0.374. The fourth-order valence-corrected chi connectivity index (χ4v) is 1.98. The van der Waals surface area contributed by atoms with E-state index in [0.29, 0.717) is 5.11 Å². The van der Waals surface area contributed by atoms with Gasteiger partial charge in [0, 0.05) is 6.54 Å². The van der Waals surface area contributed by atoms with Gasteiger partial charge in [-0.1, -0.05) is 58.4 Å². The van der Waals surface area contributed by atoms with Crippen LogP contribution in [0.5, 0.6) is 0 Å². The summed E-state index contributed by atoms with van der Waals surface area (Å²) in [6.45, 7) is 11.7. The zero-order chi connectivity index (χ0) is 15.9. The highest BCUT2D eigenvalue weighted by atomic mass is 32.1. The summed E-state index contributed by atoms with van der Waals surface area (Å²) < 4.78 is 0. The van der Waals surface area contributed by atoms with Crippen LogP contribution >= 0.6 is 12.2 Å². The minimum Gasteiger partial charge on any atom is -0.361 e. The smallest absolute Gasteiger partial charge is 0.186 e. The third kappa shape index (κ3) is 6.25. The number of unbranched alkanes of at least 4 members (excludes halogenated alkanes) is 1. The Labute approximate surface area is 134 Å². The highest BCUT2D eigenvalue weighted by Crippen LogP contribution is 2.22. The van der Waals surface area contributed by atoms with Gasteiger partial charge in [-0.05, 0) is 42.1 Å². The van der Waals surface area contributed by atoms with E-state index in [4.69, 9.17) is 12.2 Å². The van der Waals surface area contributed by atoms with Crippen molar-refractivity contribution in [2.24, 2.45) is 5.10 Å². The molecule has 0 saturated heterocycles. The van der Waals surface area contributed by atoms with Gasteiger partial charge in [-0.3, -0.25) is 5.43 Å². The van der Waals surface area contributed by atoms with E-state index in [0.717, 1.165) is 30.7 Å². The van der Waals surface area contributed by atoms with Gasteiger partial charge < -0.3 is 5.32 Å². The zero-order valence-electron chi connectivity index (χ0n) is 13.8. The van der Waals surface area contributed by atoms with E-state index in [-0.39, 0.29) is 5.41 Å². The molecule has 0 heterocycles. The van der Waals surface area contributed by atoms with Crippen LogP contribution in [0.1, 0.15) is 58.6 Å². The lowest BCUT2D eigenvalue weighted by Gasteiger charge is -2.19. The molecule has 0 bridgehead atoms. The third-order valence-electron chi connectivity index (χ3n) is 3.31. The molecule has 116 valence electrons. The molecular weight excluding hydrogens is 278 g/mol. The van der Waals surface area contributed by atoms with E-state index in [1.807, 2.05) is 6.92 Å². The first-order chi connectivity index (χ1) is 9.84. The highest BCUT2D eigenvalue weighted by Gasteiger charge is 2.13. The number of rotatable bonds is 5. The highest BCUT2D eigenvalue weighted by molar-refractivity contribution is 7.80. The van der Waals surface area contributed by atoms with Crippen LogP contribution in [0.25, 0.3) is 0 Å². The lowest BCUT2D eigenvalue weighted by atomic mass is 9.86. The van der Waals surface area contributed by atoms with Crippen molar-refractivity contribution < 1.29 is 0 Å². The molecule has 0 aliphatic rings. The Balaban J connectivity index is 2.60. The maximum atomic E-state index is 5.18. The van der Waals surface area contributed by atoms with Crippen LogP contribution in [0, 0.1) is 0 Å². The Morgan fingerprint density at radius 1 is 1.19 bits per heavy atom. The number of hydrogen-bond acceptors (Lipinski definition) is 2. The van der Waals surface area contributed by atoms with E-state index < -0.39 is 0 Å². The van der Waals surface area contributed by atoms with Crippen LogP contribution < -0.4 is 10.7 Å². The van der Waals surface area contributed by atoms with Crippen LogP contribution in [-0.4, -0.2) is 17.4 Å². The van der Waals surface area contributed by atoms with Gasteiger partial charge in [-0.25, -0.2) is 0 Å². The monoisotopic (exact) mass is 305 g/mol. The maximum Gasteiger partial charge on any atom is 0.186 e. The van der Waals surface area contributed by atoms with Gasteiger partial charge in [-0.15, -0.1) is 0 Å². The predicted octanol–water partition coefficient (Wildman–Crippen LogP) is 3.97. The molecule has 2 N–H and O–H groups in total. The number of nitrogens with one attached hydrogen (secondary N) is 2. The minimum atomic E-state index is 0.173. The topological polar surface area (TPSA) is 36.4 Å². The Kier molecular flexibility index (Phi) is 6.82. The second-order valence-electron chi connectivity index (χ2n) is 6.25. The molecule has 0 amide bonds. The Morgan fingerprint density at radius 2 is 1.81 bits per heavy atom. The molecule has 0 spiro atoms. The second-order valence-corrected chi connectivity index (χ2v) is 6.65. The van der Waals surface area contributed by atoms with Gasteiger partial charge in [0.1, 0.15) is 0 Å². The van der Waals surface area contributed by atoms with Gasteiger partial charge in [0.2, 0.25) is 0 Å². The summed E-state index contributed by atoms with van der Waals surface area (Å²) in [4.78, 5) is 0. The molecule has 4 heteroatoms. The van der Waals surface area contributed by atoms with Crippen molar-refractivity contribution in [2.75, 3.05) is 6.54 Å². The minimum absolute atomic E-state index is 0.173. The lowest BCUT2D eigenvalue weighted by Crippen LogP contribution is -2.33. The van der Waals surface area contributed by atoms with Crippen molar-refractivity contribution in [1.82, 2.24) is 10.7 Å². The molecule has 0 unspecified atom stereocenters. The van der Waals surface area contributed by atoms with Crippen LogP contribution in [0.15, 0.2) is 29.4 Å². The summed E-state index contributed by atoms with van der Waals surface area (Å²) in [6.07, 6.45) is 2.26. The molecule has 0 fully saturated rings. The Bertz CT molecular complexity index is 484. The van der Waals surface area contributed by atoms with Crippen molar-refractivity contribution in [3.8, 4) is 0 Å². The van der Waals surface area contributed by atoms with Crippen molar-refractivity contribution in [3.05, 3.63) is 35.4 Å². The largest absolute Gasteiger partial charge is 0.361 e. The van der Waals surface area contributed by atoms with Gasteiger partial charge in [0.15, 0.2) is 5.11 Å². The first kappa shape index (κ1) is 17.6. The molecule has 0 aliphatic carbocycles. The number of benzene rings is 1. The van der Waals surface area contributed by atoms with Crippen molar-refractivity contribution in [2.45, 2.75) is 52.9 Å². The number of thiocarbonyl (C=S) groups is 1. The Morgan fingerprint density at radius 3 is 2.33 bits per heavy atom. The summed E-state index contributed by atoms with van der Waals surface area (Å²) in [5, 5.41) is 8.04. The van der Waals surface area contributed by atoms with Gasteiger partial charge >= 0.3 is 0 Å². The number of nitrogens with zero attached hydrogens (tertiary/aromatic N) is 1. The van der Waals surface area contributed by atoms with Crippen molar-refractivity contribution in [3.63, 3.8) is 0 Å². The molecule has 0 atom stereocenters. The normalized spacial score (nSPS) is 12.1. The van der Waals surface area contributed by atoms with Crippen LogP contribution in [0.3, 0.4) is 0 Å². The van der Waals surface area contributed by atoms with E-state index in [9.17, 15) is 0 Å².